The van der Waals surface area contributed by atoms with E-state index >= 15 is 0 Å². The number of carbonyl (C=O) groups excluding carboxylic acids is 2. The summed E-state index contributed by atoms with van der Waals surface area (Å²) in [6.45, 7) is 2.29. The van der Waals surface area contributed by atoms with Crippen molar-refractivity contribution in [3.8, 4) is 0 Å². The number of rotatable bonds is 6. The van der Waals surface area contributed by atoms with Crippen molar-refractivity contribution >= 4 is 46.0 Å². The Morgan fingerprint density at radius 2 is 1.62 bits per heavy atom. The third-order valence-corrected chi connectivity index (χ3v) is 5.96. The Balaban J connectivity index is 1.67. The number of anilines is 1. The number of carbonyl (C=O) groups is 2. The number of nitrogens with zero attached hydrogens (tertiary/aromatic N) is 1. The third kappa shape index (κ3) is 3.97. The molecule has 0 fully saturated rings. The lowest BCUT2D eigenvalue weighted by Crippen LogP contribution is -2.31. The van der Waals surface area contributed by atoms with Crippen LogP contribution in [0.1, 0.15) is 22.9 Å². The van der Waals surface area contributed by atoms with E-state index in [9.17, 15) is 9.59 Å². The molecule has 1 N–H and O–H groups in total. The topological polar surface area (TPSA) is 49.4 Å². The summed E-state index contributed by atoms with van der Waals surface area (Å²) in [6, 6.07) is 18.8. The lowest BCUT2D eigenvalue weighted by atomic mass is 10.1. The molecule has 0 spiro atoms. The van der Waals surface area contributed by atoms with E-state index in [1.807, 2.05) is 53.9 Å². The molecule has 2 heterocycles. The van der Waals surface area contributed by atoms with Gasteiger partial charge in [-0.15, -0.1) is 11.3 Å². The van der Waals surface area contributed by atoms with E-state index in [-0.39, 0.29) is 18.4 Å². The molecule has 2 aromatic carbocycles. The number of hydrogen-bond acceptors (Lipinski definition) is 4. The normalized spacial score (nSPS) is 14.1. The molecule has 1 aromatic heterocycles. The molecular weight excluding hydrogens is 404 g/mol. The van der Waals surface area contributed by atoms with E-state index in [1.54, 1.807) is 12.1 Å². The number of benzene rings is 2. The highest BCUT2D eigenvalue weighted by Gasteiger charge is 2.39. The van der Waals surface area contributed by atoms with Crippen LogP contribution >= 0.6 is 22.9 Å². The van der Waals surface area contributed by atoms with Gasteiger partial charge in [0, 0.05) is 15.6 Å². The molecule has 4 nitrogen and oxygen atoms in total. The zero-order valence-electron chi connectivity index (χ0n) is 15.8. The van der Waals surface area contributed by atoms with E-state index in [0.717, 1.165) is 22.5 Å². The van der Waals surface area contributed by atoms with Crippen molar-refractivity contribution in [2.24, 2.45) is 0 Å². The molecule has 0 radical (unpaired) electrons. The molecule has 1 aliphatic heterocycles. The van der Waals surface area contributed by atoms with Gasteiger partial charge in [0.05, 0.1) is 12.1 Å². The smallest absolute Gasteiger partial charge is 0.278 e. The molecule has 6 heteroatoms. The van der Waals surface area contributed by atoms with Gasteiger partial charge in [-0.25, -0.2) is 0 Å². The number of aryl methyl sites for hydroxylation is 1. The van der Waals surface area contributed by atoms with E-state index in [4.69, 9.17) is 11.6 Å². The van der Waals surface area contributed by atoms with Crippen molar-refractivity contribution in [3.05, 3.63) is 92.8 Å². The monoisotopic (exact) mass is 422 g/mol. The summed E-state index contributed by atoms with van der Waals surface area (Å²) in [6.07, 6.45) is 0.940. The summed E-state index contributed by atoms with van der Waals surface area (Å²) in [5.74, 6) is -0.618. The molecule has 0 aliphatic carbocycles. The van der Waals surface area contributed by atoms with Crippen LogP contribution < -0.4 is 5.32 Å². The minimum atomic E-state index is -0.326. The van der Waals surface area contributed by atoms with Crippen molar-refractivity contribution in [3.63, 3.8) is 0 Å². The van der Waals surface area contributed by atoms with Crippen LogP contribution in [0.2, 0.25) is 5.02 Å². The minimum Gasteiger partial charge on any atom is -0.350 e. The van der Waals surface area contributed by atoms with Crippen LogP contribution in [-0.4, -0.2) is 16.7 Å². The average Bonchev–Trinajstić information content (AvgIpc) is 3.33. The maximum atomic E-state index is 13.2. The molecule has 0 unspecified atom stereocenters. The zero-order valence-corrected chi connectivity index (χ0v) is 17.4. The Morgan fingerprint density at radius 3 is 2.24 bits per heavy atom. The van der Waals surface area contributed by atoms with Crippen LogP contribution in [0.4, 0.5) is 5.69 Å². The number of imide groups is 1. The summed E-state index contributed by atoms with van der Waals surface area (Å²) < 4.78 is 0. The Kier molecular flexibility index (Phi) is 5.51. The second-order valence-corrected chi connectivity index (χ2v) is 8.11. The number of halogens is 1. The molecule has 0 bridgehead atoms. The Labute approximate surface area is 178 Å². The summed E-state index contributed by atoms with van der Waals surface area (Å²) in [7, 11) is 0. The molecule has 29 heavy (non-hydrogen) atoms. The number of thiophene rings is 1. The van der Waals surface area contributed by atoms with E-state index in [2.05, 4.69) is 12.2 Å². The second kappa shape index (κ2) is 8.23. The maximum Gasteiger partial charge on any atom is 0.278 e. The first kappa shape index (κ1) is 19.4. The standard InChI is InChI=1S/C23H19ClN2O2S/c1-2-15-7-11-18(12-8-15)25-21-20(19-4-3-13-29-19)22(27)26(23(21)28)14-16-5-9-17(24)10-6-16/h3-13,25H,2,14H2,1H3. The van der Waals surface area contributed by atoms with Crippen molar-refractivity contribution in [2.75, 3.05) is 5.32 Å². The van der Waals surface area contributed by atoms with E-state index in [1.165, 1.54) is 21.8 Å². The Morgan fingerprint density at radius 1 is 0.931 bits per heavy atom. The summed E-state index contributed by atoms with van der Waals surface area (Å²) in [4.78, 5) is 28.4. The van der Waals surface area contributed by atoms with Crippen molar-refractivity contribution < 1.29 is 9.59 Å². The fourth-order valence-electron chi connectivity index (χ4n) is 3.23. The highest BCUT2D eigenvalue weighted by atomic mass is 35.5. The van der Waals surface area contributed by atoms with E-state index < -0.39 is 0 Å². The molecule has 0 saturated carbocycles. The largest absolute Gasteiger partial charge is 0.350 e. The molecule has 4 rings (SSSR count). The SMILES string of the molecule is CCc1ccc(NC2=C(c3cccs3)C(=O)N(Cc3ccc(Cl)cc3)C2=O)cc1. The number of nitrogens with one attached hydrogen (secondary N) is 1. The minimum absolute atomic E-state index is 0.198. The van der Waals surface area contributed by atoms with Crippen molar-refractivity contribution in [2.45, 2.75) is 19.9 Å². The highest BCUT2D eigenvalue weighted by Crippen LogP contribution is 2.33. The maximum absolute atomic E-state index is 13.2. The van der Waals surface area contributed by atoms with Crippen molar-refractivity contribution in [1.29, 1.82) is 0 Å². The van der Waals surface area contributed by atoms with Crippen LogP contribution in [0.3, 0.4) is 0 Å². The second-order valence-electron chi connectivity index (χ2n) is 6.73. The zero-order chi connectivity index (χ0) is 20.4. The van der Waals surface area contributed by atoms with Gasteiger partial charge in [-0.1, -0.05) is 48.9 Å². The van der Waals surface area contributed by atoms with Gasteiger partial charge in [0.25, 0.3) is 11.8 Å². The summed E-state index contributed by atoms with van der Waals surface area (Å²) in [5, 5.41) is 5.70. The third-order valence-electron chi connectivity index (χ3n) is 4.82. The van der Waals surface area contributed by atoms with Crippen LogP contribution in [0.5, 0.6) is 0 Å². The molecule has 1 aliphatic rings. The predicted octanol–water partition coefficient (Wildman–Crippen LogP) is 5.36. The van der Waals surface area contributed by atoms with Gasteiger partial charge in [0.15, 0.2) is 0 Å². The Bertz CT molecular complexity index is 1070. The lowest BCUT2D eigenvalue weighted by molar-refractivity contribution is -0.137. The first-order chi connectivity index (χ1) is 14.1. The number of hydrogen-bond donors (Lipinski definition) is 1. The van der Waals surface area contributed by atoms with Crippen LogP contribution in [0, 0.1) is 0 Å². The van der Waals surface area contributed by atoms with Gasteiger partial charge >= 0.3 is 0 Å². The lowest BCUT2D eigenvalue weighted by Gasteiger charge is -2.15. The van der Waals surface area contributed by atoms with Gasteiger partial charge in [0.1, 0.15) is 5.70 Å². The summed E-state index contributed by atoms with van der Waals surface area (Å²) in [5.41, 5.74) is 3.56. The molecule has 0 saturated heterocycles. The molecule has 146 valence electrons. The van der Waals surface area contributed by atoms with Gasteiger partial charge in [-0.2, -0.15) is 0 Å². The molecule has 3 aromatic rings. The Hall–Kier alpha value is -2.89. The fraction of sp³-hybridized carbons (Fsp3) is 0.130. The average molecular weight is 423 g/mol. The predicted molar refractivity (Wildman–Crippen MR) is 118 cm³/mol. The fourth-order valence-corrected chi connectivity index (χ4v) is 4.12. The van der Waals surface area contributed by atoms with Gasteiger partial charge in [-0.05, 0) is 53.3 Å². The molecule has 2 amide bonds. The van der Waals surface area contributed by atoms with Crippen molar-refractivity contribution in [1.82, 2.24) is 4.90 Å². The quantitative estimate of drug-likeness (QED) is 0.544. The van der Waals surface area contributed by atoms with Gasteiger partial charge < -0.3 is 5.32 Å². The summed E-state index contributed by atoms with van der Waals surface area (Å²) >= 11 is 7.39. The molecular formula is C23H19ClN2O2S. The highest BCUT2D eigenvalue weighted by molar-refractivity contribution is 7.11. The van der Waals surface area contributed by atoms with Gasteiger partial charge in [0.2, 0.25) is 0 Å². The first-order valence-corrected chi connectivity index (χ1v) is 10.6. The number of amides is 2. The van der Waals surface area contributed by atoms with Crippen LogP contribution in [0.15, 0.2) is 71.7 Å². The van der Waals surface area contributed by atoms with Gasteiger partial charge in [-0.3, -0.25) is 14.5 Å². The first-order valence-electron chi connectivity index (χ1n) is 9.31. The van der Waals surface area contributed by atoms with Crippen LogP contribution in [-0.2, 0) is 22.6 Å². The molecule has 0 atom stereocenters. The van der Waals surface area contributed by atoms with Crippen LogP contribution in [0.25, 0.3) is 5.57 Å². The van der Waals surface area contributed by atoms with E-state index in [0.29, 0.717) is 16.3 Å².